The molecule has 0 aliphatic heterocycles. The van der Waals surface area contributed by atoms with Crippen LogP contribution in [0.25, 0.3) is 0 Å². The van der Waals surface area contributed by atoms with Gasteiger partial charge in [-0.2, -0.15) is 13.2 Å². The van der Waals surface area contributed by atoms with E-state index in [1.54, 1.807) is 0 Å². The summed E-state index contributed by atoms with van der Waals surface area (Å²) in [6.07, 6.45) is -3.67. The third kappa shape index (κ3) is 3.60. The summed E-state index contributed by atoms with van der Waals surface area (Å²) in [5.74, 6) is -5.00. The van der Waals surface area contributed by atoms with Crippen molar-refractivity contribution < 1.29 is 32.3 Å². The molecule has 1 aromatic carbocycles. The van der Waals surface area contributed by atoms with E-state index >= 15 is 0 Å². The van der Waals surface area contributed by atoms with Crippen LogP contribution in [0, 0.1) is 5.82 Å². The molecule has 0 saturated heterocycles. The van der Waals surface area contributed by atoms with Crippen LogP contribution in [0.2, 0.25) is 0 Å². The highest BCUT2D eigenvalue weighted by atomic mass is 32.2. The Balaban J connectivity index is 3.22. The van der Waals surface area contributed by atoms with Crippen molar-refractivity contribution in [2.45, 2.75) is 11.1 Å². The van der Waals surface area contributed by atoms with E-state index < -0.39 is 35.1 Å². The maximum atomic E-state index is 13.3. The molecule has 4 nitrogen and oxygen atoms in total. The van der Waals surface area contributed by atoms with E-state index in [1.807, 2.05) is 0 Å². The molecule has 0 bridgehead atoms. The standard InChI is InChI=1S/C10H7F4NO3S/c1-19-7-3-5(11)4(8(16)17)2-6(7)15-9(18)10(12,13)14/h2-3H,1H3,(H,15,18)(H,16,17). The minimum atomic E-state index is -5.12. The summed E-state index contributed by atoms with van der Waals surface area (Å²) in [4.78, 5) is 21.4. The molecule has 0 saturated carbocycles. The van der Waals surface area contributed by atoms with Crippen molar-refractivity contribution in [2.75, 3.05) is 11.6 Å². The highest BCUT2D eigenvalue weighted by Crippen LogP contribution is 2.30. The molecule has 0 heterocycles. The number of rotatable bonds is 3. The van der Waals surface area contributed by atoms with Gasteiger partial charge in [-0.25, -0.2) is 9.18 Å². The number of carboxylic acids is 1. The Morgan fingerprint density at radius 1 is 1.32 bits per heavy atom. The number of amides is 1. The van der Waals surface area contributed by atoms with Gasteiger partial charge in [-0.3, -0.25) is 4.79 Å². The van der Waals surface area contributed by atoms with Gasteiger partial charge in [0.15, 0.2) is 0 Å². The Morgan fingerprint density at radius 3 is 2.32 bits per heavy atom. The fraction of sp³-hybridized carbons (Fsp3) is 0.200. The Morgan fingerprint density at radius 2 is 1.89 bits per heavy atom. The zero-order valence-electron chi connectivity index (χ0n) is 9.34. The van der Waals surface area contributed by atoms with Crippen molar-refractivity contribution in [3.63, 3.8) is 0 Å². The van der Waals surface area contributed by atoms with Crippen LogP contribution in [-0.4, -0.2) is 29.4 Å². The molecule has 1 rings (SSSR count). The Kier molecular flexibility index (Phi) is 4.40. The number of alkyl halides is 3. The number of halogens is 4. The molecule has 2 N–H and O–H groups in total. The smallest absolute Gasteiger partial charge is 0.471 e. The van der Waals surface area contributed by atoms with Crippen molar-refractivity contribution >= 4 is 29.3 Å². The van der Waals surface area contributed by atoms with E-state index in [4.69, 9.17) is 5.11 Å². The number of anilines is 1. The number of hydrogen-bond acceptors (Lipinski definition) is 3. The Labute approximate surface area is 108 Å². The molecule has 0 fully saturated rings. The zero-order chi connectivity index (χ0) is 14.8. The minimum Gasteiger partial charge on any atom is -0.478 e. The van der Waals surface area contributed by atoms with Crippen LogP contribution in [0.4, 0.5) is 23.2 Å². The Bertz CT molecular complexity index is 530. The molecular weight excluding hydrogens is 290 g/mol. The number of carbonyl (C=O) groups is 2. The molecule has 0 aromatic heterocycles. The third-order valence-corrected chi connectivity index (χ3v) is 2.80. The molecular formula is C10H7F4NO3S. The Hall–Kier alpha value is -1.77. The summed E-state index contributed by atoms with van der Waals surface area (Å²) in [5, 5.41) is 10.2. The van der Waals surface area contributed by atoms with Crippen molar-refractivity contribution in [3.05, 3.63) is 23.5 Å². The average molecular weight is 297 g/mol. The average Bonchev–Trinajstić information content (AvgIpc) is 2.29. The van der Waals surface area contributed by atoms with Crippen LogP contribution in [0.1, 0.15) is 10.4 Å². The molecule has 0 aliphatic carbocycles. The van der Waals surface area contributed by atoms with Crippen LogP contribution in [0.3, 0.4) is 0 Å². The maximum Gasteiger partial charge on any atom is 0.471 e. The summed E-state index contributed by atoms with van der Waals surface area (Å²) in [5.41, 5.74) is -1.23. The van der Waals surface area contributed by atoms with Crippen molar-refractivity contribution in [3.8, 4) is 0 Å². The second-order valence-corrected chi connectivity index (χ2v) is 4.14. The van der Waals surface area contributed by atoms with Gasteiger partial charge in [0.1, 0.15) is 5.82 Å². The van der Waals surface area contributed by atoms with E-state index in [9.17, 15) is 27.2 Å². The SMILES string of the molecule is CSc1cc(F)c(C(=O)O)cc1NC(=O)C(F)(F)F. The zero-order valence-corrected chi connectivity index (χ0v) is 10.2. The first-order valence-corrected chi connectivity index (χ1v) is 5.88. The molecule has 104 valence electrons. The number of aromatic carboxylic acids is 1. The van der Waals surface area contributed by atoms with Gasteiger partial charge in [-0.1, -0.05) is 0 Å². The summed E-state index contributed by atoms with van der Waals surface area (Å²) < 4.78 is 49.6. The fourth-order valence-corrected chi connectivity index (χ4v) is 1.73. The lowest BCUT2D eigenvalue weighted by Gasteiger charge is -2.12. The molecule has 0 unspecified atom stereocenters. The summed E-state index contributed by atoms with van der Waals surface area (Å²) in [6, 6.07) is 1.40. The molecule has 0 atom stereocenters. The van der Waals surface area contributed by atoms with Gasteiger partial charge >= 0.3 is 18.1 Å². The monoisotopic (exact) mass is 297 g/mol. The van der Waals surface area contributed by atoms with Gasteiger partial charge in [0.25, 0.3) is 0 Å². The van der Waals surface area contributed by atoms with E-state index in [1.165, 1.54) is 11.6 Å². The van der Waals surface area contributed by atoms with Crippen LogP contribution >= 0.6 is 11.8 Å². The number of nitrogens with one attached hydrogen (secondary N) is 1. The van der Waals surface area contributed by atoms with Crippen LogP contribution < -0.4 is 5.32 Å². The molecule has 9 heteroatoms. The topological polar surface area (TPSA) is 66.4 Å². The molecule has 19 heavy (non-hydrogen) atoms. The highest BCUT2D eigenvalue weighted by Gasteiger charge is 2.39. The van der Waals surface area contributed by atoms with E-state index in [0.29, 0.717) is 6.07 Å². The number of carboxylic acid groups (broad SMARTS) is 1. The van der Waals surface area contributed by atoms with Gasteiger partial charge in [-0.15, -0.1) is 11.8 Å². The number of thioether (sulfide) groups is 1. The largest absolute Gasteiger partial charge is 0.478 e. The van der Waals surface area contributed by atoms with Gasteiger partial charge in [0.2, 0.25) is 0 Å². The maximum absolute atomic E-state index is 13.3. The summed E-state index contributed by atoms with van der Waals surface area (Å²) in [6.45, 7) is 0. The van der Waals surface area contributed by atoms with Gasteiger partial charge in [0, 0.05) is 4.90 Å². The van der Waals surface area contributed by atoms with Crippen molar-refractivity contribution in [2.24, 2.45) is 0 Å². The lowest BCUT2D eigenvalue weighted by molar-refractivity contribution is -0.167. The highest BCUT2D eigenvalue weighted by molar-refractivity contribution is 7.98. The van der Waals surface area contributed by atoms with Gasteiger partial charge in [0.05, 0.1) is 11.3 Å². The first-order chi connectivity index (χ1) is 8.66. The minimum absolute atomic E-state index is 0.0138. The summed E-state index contributed by atoms with van der Waals surface area (Å²) >= 11 is 0.868. The predicted octanol–water partition coefficient (Wildman–Crippen LogP) is 2.75. The van der Waals surface area contributed by atoms with E-state index in [2.05, 4.69) is 0 Å². The molecule has 0 radical (unpaired) electrons. The van der Waals surface area contributed by atoms with Gasteiger partial charge in [-0.05, 0) is 18.4 Å². The quantitative estimate of drug-likeness (QED) is 0.665. The summed E-state index contributed by atoms with van der Waals surface area (Å²) in [7, 11) is 0. The van der Waals surface area contributed by atoms with Crippen LogP contribution in [-0.2, 0) is 4.79 Å². The predicted molar refractivity (Wildman–Crippen MR) is 59.8 cm³/mol. The van der Waals surface area contributed by atoms with Gasteiger partial charge < -0.3 is 10.4 Å². The molecule has 0 spiro atoms. The number of benzene rings is 1. The molecule has 0 aliphatic rings. The first-order valence-electron chi connectivity index (χ1n) is 4.65. The normalized spacial score (nSPS) is 11.2. The third-order valence-electron chi connectivity index (χ3n) is 2.03. The number of hydrogen-bond donors (Lipinski definition) is 2. The first kappa shape index (κ1) is 15.3. The van der Waals surface area contributed by atoms with Crippen molar-refractivity contribution in [1.29, 1.82) is 0 Å². The van der Waals surface area contributed by atoms with Crippen LogP contribution in [0.15, 0.2) is 17.0 Å². The molecule has 1 amide bonds. The second-order valence-electron chi connectivity index (χ2n) is 3.29. The lowest BCUT2D eigenvalue weighted by atomic mass is 10.2. The second kappa shape index (κ2) is 5.47. The van der Waals surface area contributed by atoms with Crippen molar-refractivity contribution in [1.82, 2.24) is 0 Å². The van der Waals surface area contributed by atoms with E-state index in [-0.39, 0.29) is 4.90 Å². The number of carbonyl (C=O) groups excluding carboxylic acids is 1. The lowest BCUT2D eigenvalue weighted by Crippen LogP contribution is -2.30. The fourth-order valence-electron chi connectivity index (χ4n) is 1.18. The van der Waals surface area contributed by atoms with Crippen LogP contribution in [0.5, 0.6) is 0 Å². The molecule has 1 aromatic rings. The van der Waals surface area contributed by atoms with E-state index in [0.717, 1.165) is 17.8 Å².